The highest BCUT2D eigenvalue weighted by atomic mass is 19.3. The normalized spacial score (nSPS) is 37.3. The lowest BCUT2D eigenvalue weighted by Gasteiger charge is -2.50. The topological polar surface area (TPSA) is 77.7 Å². The van der Waals surface area contributed by atoms with Crippen molar-refractivity contribution in [3.8, 4) is 0 Å². The van der Waals surface area contributed by atoms with Gasteiger partial charge in [-0.15, -0.1) is 0 Å². The highest BCUT2D eigenvalue weighted by Crippen LogP contribution is 2.47. The minimum absolute atomic E-state index is 0.0780. The van der Waals surface area contributed by atoms with Crippen molar-refractivity contribution in [3.05, 3.63) is 11.7 Å². The average Bonchev–Trinajstić information content (AvgIpc) is 3.28. The average molecular weight is 595 g/mol. The molecule has 1 aromatic heterocycles. The Hall–Kier alpha value is -1.88. The smallest absolute Gasteiger partial charge is 0.318 e. The van der Waals surface area contributed by atoms with Gasteiger partial charge in [-0.25, -0.2) is 18.0 Å². The quantitative estimate of drug-likeness (QED) is 0.438. The van der Waals surface area contributed by atoms with Crippen LogP contribution in [0, 0.1) is 11.8 Å². The SMILES string of the molecule is CC(C)CN(C)[C@H]1CCN([C@H]2CCCC(F)(F)[C@@H]2NC(=O)N2CCC(C)(c3noc([C@@H]4C[C@@H]4F)n3)CC2C2CCC2)C1. The van der Waals surface area contributed by atoms with E-state index < -0.39 is 23.6 Å². The number of carbonyl (C=O) groups excluding carboxylic acids is 1. The number of alkyl halides is 3. The molecular formula is C31H49F3N6O2. The highest BCUT2D eigenvalue weighted by molar-refractivity contribution is 5.75. The largest absolute Gasteiger partial charge is 0.339 e. The van der Waals surface area contributed by atoms with Crippen LogP contribution in [-0.2, 0) is 5.41 Å². The summed E-state index contributed by atoms with van der Waals surface area (Å²) in [5.74, 6) is -1.42. The molecule has 1 aromatic rings. The van der Waals surface area contributed by atoms with Gasteiger partial charge in [-0.3, -0.25) is 4.90 Å². The first-order chi connectivity index (χ1) is 19.9. The van der Waals surface area contributed by atoms with Crippen molar-refractivity contribution in [2.45, 2.75) is 133 Å². The molecule has 3 heterocycles. The number of nitrogens with zero attached hydrogens (tertiary/aromatic N) is 5. The Balaban J connectivity index is 1.15. The van der Waals surface area contributed by atoms with Crippen molar-refractivity contribution >= 4 is 6.03 Å². The van der Waals surface area contributed by atoms with Crippen molar-refractivity contribution < 1.29 is 22.5 Å². The molecule has 0 bridgehead atoms. The summed E-state index contributed by atoms with van der Waals surface area (Å²) in [6.07, 6.45) is 5.84. The molecule has 5 aliphatic rings. The number of hydrogen-bond acceptors (Lipinski definition) is 6. The van der Waals surface area contributed by atoms with E-state index >= 15 is 8.78 Å². The summed E-state index contributed by atoms with van der Waals surface area (Å²) in [5, 5.41) is 7.14. The summed E-state index contributed by atoms with van der Waals surface area (Å²) in [5.41, 5.74) is -0.413. The first-order valence-corrected chi connectivity index (χ1v) is 16.3. The lowest BCUT2D eigenvalue weighted by Crippen LogP contribution is -2.65. The molecule has 3 saturated carbocycles. The van der Waals surface area contributed by atoms with E-state index in [0.29, 0.717) is 68.2 Å². The Bertz CT molecular complexity index is 1110. The molecule has 2 unspecified atom stereocenters. The molecule has 0 radical (unpaired) electrons. The zero-order valence-corrected chi connectivity index (χ0v) is 25.7. The fraction of sp³-hybridized carbons (Fsp3) is 0.903. The fourth-order valence-corrected chi connectivity index (χ4v) is 8.07. The molecular weight excluding hydrogens is 545 g/mol. The molecule has 2 saturated heterocycles. The predicted molar refractivity (Wildman–Crippen MR) is 153 cm³/mol. The molecule has 8 nitrogen and oxygen atoms in total. The zero-order valence-electron chi connectivity index (χ0n) is 25.7. The standard InChI is InChI=1S/C31H49F3N6O2/c1-19(2)17-38(4)21-10-13-39(18-21)24-9-6-11-31(33,34)26(24)35-29(41)40-14-12-30(3,16-25(40)20-7-5-8-20)28-36-27(42-37-28)22-15-23(22)32/h19-26H,5-18H2,1-4H3,(H,35,41)/t21-,22+,23-,24-,25?,26+,30?/m0/s1. The van der Waals surface area contributed by atoms with Crippen molar-refractivity contribution in [1.82, 2.24) is 30.2 Å². The van der Waals surface area contributed by atoms with E-state index in [1.54, 1.807) is 0 Å². The van der Waals surface area contributed by atoms with E-state index in [4.69, 9.17) is 4.52 Å². The number of carbonyl (C=O) groups is 1. The van der Waals surface area contributed by atoms with Crippen LogP contribution in [0.1, 0.15) is 103 Å². The van der Waals surface area contributed by atoms with Crippen LogP contribution in [0.2, 0.25) is 0 Å². The van der Waals surface area contributed by atoms with E-state index in [-0.39, 0.29) is 30.5 Å². The van der Waals surface area contributed by atoms with Crippen molar-refractivity contribution in [2.75, 3.05) is 33.2 Å². The van der Waals surface area contributed by atoms with Gasteiger partial charge >= 0.3 is 6.03 Å². The van der Waals surface area contributed by atoms with Gasteiger partial charge in [-0.05, 0) is 70.3 Å². The van der Waals surface area contributed by atoms with Gasteiger partial charge in [0.25, 0.3) is 5.92 Å². The number of likely N-dealkylation sites (N-methyl/N-ethyl adjacent to an activating group) is 1. The first-order valence-electron chi connectivity index (χ1n) is 16.3. The second kappa shape index (κ2) is 11.6. The Morgan fingerprint density at radius 2 is 1.90 bits per heavy atom. The second-order valence-electron chi connectivity index (χ2n) is 14.7. The van der Waals surface area contributed by atoms with Gasteiger partial charge in [0.15, 0.2) is 5.82 Å². The number of amides is 2. The van der Waals surface area contributed by atoms with Crippen molar-refractivity contribution in [2.24, 2.45) is 11.8 Å². The van der Waals surface area contributed by atoms with Gasteiger partial charge in [0, 0.05) is 56.1 Å². The van der Waals surface area contributed by atoms with Crippen LogP contribution in [0.5, 0.6) is 0 Å². The molecule has 7 atom stereocenters. The third kappa shape index (κ3) is 5.93. The maximum Gasteiger partial charge on any atom is 0.318 e. The van der Waals surface area contributed by atoms with Crippen LogP contribution in [-0.4, -0.2) is 100 Å². The Morgan fingerprint density at radius 1 is 1.14 bits per heavy atom. The minimum Gasteiger partial charge on any atom is -0.339 e. The van der Waals surface area contributed by atoms with E-state index in [1.807, 2.05) is 4.90 Å². The number of nitrogens with one attached hydrogen (secondary N) is 1. The van der Waals surface area contributed by atoms with Crippen LogP contribution in [0.25, 0.3) is 0 Å². The number of urea groups is 1. The van der Waals surface area contributed by atoms with Crippen molar-refractivity contribution in [1.29, 1.82) is 0 Å². The molecule has 2 aliphatic heterocycles. The summed E-state index contributed by atoms with van der Waals surface area (Å²) in [6, 6.07) is -1.67. The van der Waals surface area contributed by atoms with Gasteiger partial charge in [-0.2, -0.15) is 4.98 Å². The maximum atomic E-state index is 15.6. The Labute approximate surface area is 248 Å². The molecule has 0 spiro atoms. The number of hydrogen-bond donors (Lipinski definition) is 1. The number of aromatic nitrogens is 2. The molecule has 236 valence electrons. The summed E-state index contributed by atoms with van der Waals surface area (Å²) in [7, 11) is 2.13. The molecule has 11 heteroatoms. The van der Waals surface area contributed by atoms with Gasteiger partial charge in [0.05, 0.1) is 5.92 Å². The van der Waals surface area contributed by atoms with Gasteiger partial charge in [0.1, 0.15) is 12.2 Å². The molecule has 42 heavy (non-hydrogen) atoms. The minimum atomic E-state index is -2.95. The van der Waals surface area contributed by atoms with Crippen LogP contribution >= 0.6 is 0 Å². The summed E-state index contributed by atoms with van der Waals surface area (Å²) >= 11 is 0. The van der Waals surface area contributed by atoms with Gasteiger partial charge in [-0.1, -0.05) is 32.3 Å². The van der Waals surface area contributed by atoms with E-state index in [2.05, 4.69) is 53.1 Å². The van der Waals surface area contributed by atoms with Gasteiger partial charge < -0.3 is 19.6 Å². The third-order valence-electron chi connectivity index (χ3n) is 11.0. The highest BCUT2D eigenvalue weighted by Gasteiger charge is 2.53. The second-order valence-corrected chi connectivity index (χ2v) is 14.7. The summed E-state index contributed by atoms with van der Waals surface area (Å²) in [6.45, 7) is 9.46. The summed E-state index contributed by atoms with van der Waals surface area (Å²) in [4.78, 5) is 24.9. The number of piperidine rings is 1. The van der Waals surface area contributed by atoms with E-state index in [0.717, 1.165) is 45.3 Å². The first kappa shape index (κ1) is 30.2. The Kier molecular flexibility index (Phi) is 8.30. The molecule has 0 aromatic carbocycles. The monoisotopic (exact) mass is 594 g/mol. The molecule has 2 amide bonds. The Morgan fingerprint density at radius 3 is 2.57 bits per heavy atom. The molecule has 6 rings (SSSR count). The third-order valence-corrected chi connectivity index (χ3v) is 11.0. The molecule has 5 fully saturated rings. The number of likely N-dealkylation sites (tertiary alicyclic amines) is 2. The number of halogens is 3. The number of rotatable bonds is 8. The van der Waals surface area contributed by atoms with Gasteiger partial charge in [0.2, 0.25) is 5.89 Å². The lowest BCUT2D eigenvalue weighted by molar-refractivity contribution is -0.0907. The zero-order chi connectivity index (χ0) is 29.8. The van der Waals surface area contributed by atoms with Crippen LogP contribution in [0.4, 0.5) is 18.0 Å². The van der Waals surface area contributed by atoms with Crippen LogP contribution < -0.4 is 5.32 Å². The van der Waals surface area contributed by atoms with Crippen LogP contribution in [0.15, 0.2) is 4.52 Å². The lowest BCUT2D eigenvalue weighted by atomic mass is 9.68. The fourth-order valence-electron chi connectivity index (χ4n) is 8.07. The van der Waals surface area contributed by atoms with Crippen LogP contribution in [0.3, 0.4) is 0 Å². The maximum absolute atomic E-state index is 15.6. The molecule has 1 N–H and O–H groups in total. The summed E-state index contributed by atoms with van der Waals surface area (Å²) < 4.78 is 50.2. The van der Waals surface area contributed by atoms with Crippen molar-refractivity contribution in [3.63, 3.8) is 0 Å². The predicted octanol–water partition coefficient (Wildman–Crippen LogP) is 5.35. The van der Waals surface area contributed by atoms with E-state index in [9.17, 15) is 9.18 Å². The van der Waals surface area contributed by atoms with E-state index in [1.165, 1.54) is 0 Å². The molecule has 3 aliphatic carbocycles.